The van der Waals surface area contributed by atoms with Gasteiger partial charge in [0.1, 0.15) is 0 Å². The maximum absolute atomic E-state index is 11.4. The molecule has 1 unspecified atom stereocenters. The topological polar surface area (TPSA) is 64.3 Å². The number of carboxylic acid groups (broad SMARTS) is 1. The fourth-order valence-electron chi connectivity index (χ4n) is 2.91. The van der Waals surface area contributed by atoms with E-state index in [2.05, 4.69) is 11.0 Å². The van der Waals surface area contributed by atoms with Crippen LogP contribution in [0.15, 0.2) is 24.3 Å². The van der Waals surface area contributed by atoms with Crippen LogP contribution >= 0.6 is 0 Å². The highest BCUT2D eigenvalue weighted by molar-refractivity contribution is 5.74. The molecule has 0 radical (unpaired) electrons. The van der Waals surface area contributed by atoms with Gasteiger partial charge in [0.05, 0.1) is 17.0 Å². The van der Waals surface area contributed by atoms with E-state index in [4.69, 9.17) is 5.26 Å². The number of carbonyl (C=O) groups is 1. The summed E-state index contributed by atoms with van der Waals surface area (Å²) >= 11 is 0. The third kappa shape index (κ3) is 3.62. The molecule has 0 spiro atoms. The first-order valence-electron chi connectivity index (χ1n) is 7.38. The van der Waals surface area contributed by atoms with Crippen molar-refractivity contribution in [3.05, 3.63) is 35.4 Å². The molecule has 0 bridgehead atoms. The van der Waals surface area contributed by atoms with Crippen LogP contribution < -0.4 is 0 Å². The van der Waals surface area contributed by atoms with E-state index in [0.717, 1.165) is 32.5 Å². The fraction of sp³-hybridized carbons (Fsp3) is 0.529. The number of carboxylic acids is 1. The van der Waals surface area contributed by atoms with Gasteiger partial charge in [0.2, 0.25) is 0 Å². The van der Waals surface area contributed by atoms with Gasteiger partial charge in [-0.25, -0.2) is 0 Å². The summed E-state index contributed by atoms with van der Waals surface area (Å²) in [6.07, 6.45) is 2.01. The number of benzene rings is 1. The summed E-state index contributed by atoms with van der Waals surface area (Å²) < 4.78 is 0. The van der Waals surface area contributed by atoms with Gasteiger partial charge in [-0.2, -0.15) is 5.26 Å². The molecule has 1 atom stereocenters. The van der Waals surface area contributed by atoms with Crippen LogP contribution in [-0.4, -0.2) is 29.1 Å². The lowest BCUT2D eigenvalue weighted by molar-refractivity contribution is -0.151. The van der Waals surface area contributed by atoms with E-state index in [1.807, 2.05) is 38.1 Å². The average molecular weight is 286 g/mol. The van der Waals surface area contributed by atoms with Gasteiger partial charge in [-0.1, -0.05) is 12.1 Å². The molecule has 4 heteroatoms. The predicted molar refractivity (Wildman–Crippen MR) is 80.6 cm³/mol. The van der Waals surface area contributed by atoms with Crippen LogP contribution in [0, 0.1) is 22.7 Å². The van der Waals surface area contributed by atoms with Crippen molar-refractivity contribution in [2.45, 2.75) is 33.2 Å². The largest absolute Gasteiger partial charge is 0.481 e. The molecule has 0 aromatic heterocycles. The van der Waals surface area contributed by atoms with Crippen molar-refractivity contribution < 1.29 is 9.90 Å². The number of likely N-dealkylation sites (tertiary alicyclic amines) is 1. The van der Waals surface area contributed by atoms with Crippen molar-refractivity contribution in [2.75, 3.05) is 13.1 Å². The number of hydrogen-bond donors (Lipinski definition) is 1. The summed E-state index contributed by atoms with van der Waals surface area (Å²) in [7, 11) is 0. The Balaban J connectivity index is 2.01. The Bertz CT molecular complexity index is 543. The smallest absolute Gasteiger partial charge is 0.309 e. The summed E-state index contributed by atoms with van der Waals surface area (Å²) in [5, 5.41) is 18.2. The molecule has 1 aromatic rings. The van der Waals surface area contributed by atoms with Gasteiger partial charge < -0.3 is 5.11 Å². The van der Waals surface area contributed by atoms with Gasteiger partial charge >= 0.3 is 5.97 Å². The Morgan fingerprint density at radius 3 is 2.67 bits per heavy atom. The molecule has 1 aliphatic rings. The van der Waals surface area contributed by atoms with Gasteiger partial charge in [0, 0.05) is 13.1 Å². The van der Waals surface area contributed by atoms with E-state index in [9.17, 15) is 9.90 Å². The zero-order valence-electron chi connectivity index (χ0n) is 12.7. The first-order valence-corrected chi connectivity index (χ1v) is 7.38. The lowest BCUT2D eigenvalue weighted by Crippen LogP contribution is -2.44. The quantitative estimate of drug-likeness (QED) is 0.924. The summed E-state index contributed by atoms with van der Waals surface area (Å²) in [6, 6.07) is 9.73. The predicted octanol–water partition coefficient (Wildman–Crippen LogP) is 2.88. The van der Waals surface area contributed by atoms with Crippen LogP contribution in [0.5, 0.6) is 0 Å². The first kappa shape index (κ1) is 15.5. The second-order valence-electron chi connectivity index (χ2n) is 6.41. The summed E-state index contributed by atoms with van der Waals surface area (Å²) in [6.45, 7) is 6.29. The number of piperidine rings is 1. The number of rotatable bonds is 4. The maximum atomic E-state index is 11.4. The molecule has 2 rings (SSSR count). The molecule has 0 aliphatic carbocycles. The third-order valence-electron chi connectivity index (χ3n) is 4.57. The van der Waals surface area contributed by atoms with Gasteiger partial charge in [-0.15, -0.1) is 0 Å². The summed E-state index contributed by atoms with van der Waals surface area (Å²) in [5.41, 5.74) is 1.16. The van der Waals surface area contributed by atoms with Crippen molar-refractivity contribution in [3.63, 3.8) is 0 Å². The minimum atomic E-state index is -0.715. The molecule has 1 fully saturated rings. The summed E-state index contributed by atoms with van der Waals surface area (Å²) in [4.78, 5) is 13.7. The Morgan fingerprint density at radius 1 is 1.43 bits per heavy atom. The van der Waals surface area contributed by atoms with E-state index in [1.165, 1.54) is 5.56 Å². The van der Waals surface area contributed by atoms with Crippen LogP contribution in [-0.2, 0) is 11.3 Å². The van der Waals surface area contributed by atoms with Crippen molar-refractivity contribution >= 4 is 5.97 Å². The van der Waals surface area contributed by atoms with Crippen LogP contribution in [0.25, 0.3) is 0 Å². The van der Waals surface area contributed by atoms with Crippen molar-refractivity contribution in [1.82, 2.24) is 4.90 Å². The molecule has 4 nitrogen and oxygen atoms in total. The Labute approximate surface area is 126 Å². The molecule has 1 aromatic carbocycles. The van der Waals surface area contributed by atoms with E-state index >= 15 is 0 Å². The minimum Gasteiger partial charge on any atom is -0.481 e. The van der Waals surface area contributed by atoms with Crippen molar-refractivity contribution in [3.8, 4) is 6.07 Å². The molecule has 1 aliphatic heterocycles. The summed E-state index contributed by atoms with van der Waals surface area (Å²) in [5.74, 6) is -0.533. The van der Waals surface area contributed by atoms with E-state index < -0.39 is 11.4 Å². The van der Waals surface area contributed by atoms with E-state index in [1.54, 1.807) is 0 Å². The highest BCUT2D eigenvalue weighted by Crippen LogP contribution is 2.34. The van der Waals surface area contributed by atoms with Crippen LogP contribution in [0.2, 0.25) is 0 Å². The van der Waals surface area contributed by atoms with Crippen molar-refractivity contribution in [2.24, 2.45) is 11.3 Å². The monoisotopic (exact) mass is 286 g/mol. The van der Waals surface area contributed by atoms with Crippen molar-refractivity contribution in [1.29, 1.82) is 5.26 Å². The molecule has 21 heavy (non-hydrogen) atoms. The SMILES string of the molecule is CC(C)(C(=O)O)C1CCCN(Cc2ccc(C#N)cc2)C1. The normalized spacial score (nSPS) is 20.0. The highest BCUT2D eigenvalue weighted by atomic mass is 16.4. The minimum absolute atomic E-state index is 0.183. The number of nitriles is 1. The third-order valence-corrected chi connectivity index (χ3v) is 4.57. The number of nitrogens with zero attached hydrogens (tertiary/aromatic N) is 2. The Hall–Kier alpha value is -1.86. The van der Waals surface area contributed by atoms with E-state index in [-0.39, 0.29) is 5.92 Å². The molecule has 1 heterocycles. The van der Waals surface area contributed by atoms with Crippen LogP contribution in [0.4, 0.5) is 0 Å². The maximum Gasteiger partial charge on any atom is 0.309 e. The highest BCUT2D eigenvalue weighted by Gasteiger charge is 2.38. The standard InChI is InChI=1S/C17H22N2O2/c1-17(2,16(20)21)15-4-3-9-19(12-15)11-14-7-5-13(10-18)6-8-14/h5-8,15H,3-4,9,11-12H2,1-2H3,(H,20,21). The van der Waals surface area contributed by atoms with Gasteiger partial charge in [0.15, 0.2) is 0 Å². The van der Waals surface area contributed by atoms with Gasteiger partial charge in [-0.05, 0) is 56.8 Å². The zero-order valence-corrected chi connectivity index (χ0v) is 12.7. The van der Waals surface area contributed by atoms with Gasteiger partial charge in [0.25, 0.3) is 0 Å². The number of aliphatic carboxylic acids is 1. The molecule has 1 N–H and O–H groups in total. The second kappa shape index (κ2) is 6.28. The Kier molecular flexibility index (Phi) is 4.64. The Morgan fingerprint density at radius 2 is 2.10 bits per heavy atom. The zero-order chi connectivity index (χ0) is 15.5. The first-order chi connectivity index (χ1) is 9.93. The molecular formula is C17H22N2O2. The second-order valence-corrected chi connectivity index (χ2v) is 6.41. The molecule has 112 valence electrons. The number of hydrogen-bond acceptors (Lipinski definition) is 3. The average Bonchev–Trinajstić information content (AvgIpc) is 2.48. The molecule has 0 saturated carbocycles. The molecule has 1 saturated heterocycles. The van der Waals surface area contributed by atoms with Gasteiger partial charge in [-0.3, -0.25) is 9.69 Å². The lowest BCUT2D eigenvalue weighted by Gasteiger charge is -2.39. The molecule has 0 amide bonds. The van der Waals surface area contributed by atoms with Crippen LogP contribution in [0.1, 0.15) is 37.8 Å². The van der Waals surface area contributed by atoms with Crippen LogP contribution in [0.3, 0.4) is 0 Å². The fourth-order valence-corrected chi connectivity index (χ4v) is 2.91. The van der Waals surface area contributed by atoms with E-state index in [0.29, 0.717) is 5.56 Å². The molecular weight excluding hydrogens is 264 g/mol. The lowest BCUT2D eigenvalue weighted by atomic mass is 9.74.